The first-order valence-corrected chi connectivity index (χ1v) is 6.62. The van der Waals surface area contributed by atoms with Gasteiger partial charge in [0, 0.05) is 26.7 Å². The fourth-order valence-corrected chi connectivity index (χ4v) is 2.91. The molecular formula is C13H24N2O3. The van der Waals surface area contributed by atoms with Gasteiger partial charge in [0.2, 0.25) is 5.91 Å². The topological polar surface area (TPSA) is 50.8 Å². The van der Waals surface area contributed by atoms with Crippen molar-refractivity contribution in [3.8, 4) is 0 Å². The molecule has 18 heavy (non-hydrogen) atoms. The second-order valence-corrected chi connectivity index (χ2v) is 5.97. The molecule has 2 aliphatic heterocycles. The summed E-state index contributed by atoms with van der Waals surface area (Å²) in [4.78, 5) is 14.7. The van der Waals surface area contributed by atoms with Gasteiger partial charge < -0.3 is 19.7 Å². The van der Waals surface area contributed by atoms with Crippen LogP contribution in [0.2, 0.25) is 0 Å². The molecule has 5 heteroatoms. The summed E-state index contributed by atoms with van der Waals surface area (Å²) in [5, 5.41) is 3.28. The summed E-state index contributed by atoms with van der Waals surface area (Å²) in [5.74, 6) is 0.214. The van der Waals surface area contributed by atoms with Crippen LogP contribution in [0.3, 0.4) is 0 Å². The zero-order chi connectivity index (χ0) is 13.2. The average Bonchev–Trinajstić information content (AvgIpc) is 2.77. The molecule has 1 N–H and O–H groups in total. The van der Waals surface area contributed by atoms with Gasteiger partial charge in [-0.05, 0) is 26.8 Å². The number of hydrogen-bond donors (Lipinski definition) is 1. The van der Waals surface area contributed by atoms with E-state index >= 15 is 0 Å². The van der Waals surface area contributed by atoms with Crippen LogP contribution in [0.25, 0.3) is 0 Å². The molecule has 0 bridgehead atoms. The van der Waals surface area contributed by atoms with Gasteiger partial charge in [-0.1, -0.05) is 0 Å². The van der Waals surface area contributed by atoms with Crippen LogP contribution in [-0.4, -0.2) is 62.9 Å². The van der Waals surface area contributed by atoms with Gasteiger partial charge in [0.25, 0.3) is 0 Å². The number of carbonyl (C=O) groups excluding carboxylic acids is 1. The van der Waals surface area contributed by atoms with E-state index in [1.165, 1.54) is 0 Å². The molecule has 2 rings (SSSR count). The van der Waals surface area contributed by atoms with Gasteiger partial charge in [0.05, 0.1) is 24.2 Å². The number of nitrogens with zero attached hydrogens (tertiary/aromatic N) is 1. The lowest BCUT2D eigenvalue weighted by Gasteiger charge is -2.41. The summed E-state index contributed by atoms with van der Waals surface area (Å²) in [6.45, 7) is 8.14. The standard InChI is InChI=1S/C13H24N2O3/c1-12(2)9-15(6-7-18-12)11(16)13(10-17-3)4-5-14-8-13/h14H,4-10H2,1-3H3. The molecule has 0 spiro atoms. The molecule has 1 atom stereocenters. The normalized spacial score (nSPS) is 31.6. The van der Waals surface area contributed by atoms with E-state index in [4.69, 9.17) is 9.47 Å². The number of ether oxygens (including phenoxy) is 2. The highest BCUT2D eigenvalue weighted by Crippen LogP contribution is 2.30. The molecule has 2 saturated heterocycles. The predicted octanol–water partition coefficient (Wildman–Crippen LogP) is 0.250. The Balaban J connectivity index is 2.09. The van der Waals surface area contributed by atoms with E-state index < -0.39 is 0 Å². The summed E-state index contributed by atoms with van der Waals surface area (Å²) in [7, 11) is 1.66. The maximum absolute atomic E-state index is 12.8. The molecule has 0 saturated carbocycles. The maximum atomic E-state index is 12.8. The molecule has 104 valence electrons. The van der Waals surface area contributed by atoms with Crippen molar-refractivity contribution >= 4 is 5.91 Å². The van der Waals surface area contributed by atoms with Crippen LogP contribution in [-0.2, 0) is 14.3 Å². The third-order valence-electron chi connectivity index (χ3n) is 3.83. The summed E-state index contributed by atoms with van der Waals surface area (Å²) < 4.78 is 10.9. The molecule has 2 heterocycles. The molecule has 1 amide bonds. The second-order valence-electron chi connectivity index (χ2n) is 5.97. The third-order valence-corrected chi connectivity index (χ3v) is 3.83. The SMILES string of the molecule is COCC1(C(=O)N2CCOC(C)(C)C2)CCNC1. The number of rotatable bonds is 3. The smallest absolute Gasteiger partial charge is 0.232 e. The molecule has 1 unspecified atom stereocenters. The van der Waals surface area contributed by atoms with E-state index in [1.54, 1.807) is 7.11 Å². The van der Waals surface area contributed by atoms with Crippen molar-refractivity contribution in [2.45, 2.75) is 25.9 Å². The Hall–Kier alpha value is -0.650. The highest BCUT2D eigenvalue weighted by atomic mass is 16.5. The van der Waals surface area contributed by atoms with Crippen LogP contribution in [0.1, 0.15) is 20.3 Å². The van der Waals surface area contributed by atoms with Gasteiger partial charge in [-0.3, -0.25) is 4.79 Å². The van der Waals surface area contributed by atoms with E-state index in [2.05, 4.69) is 5.32 Å². The molecule has 2 fully saturated rings. The molecule has 0 aromatic rings. The summed E-state index contributed by atoms with van der Waals surface area (Å²) in [6.07, 6.45) is 0.859. The zero-order valence-electron chi connectivity index (χ0n) is 11.6. The van der Waals surface area contributed by atoms with E-state index in [0.717, 1.165) is 19.5 Å². The summed E-state index contributed by atoms with van der Waals surface area (Å²) >= 11 is 0. The third kappa shape index (κ3) is 2.68. The van der Waals surface area contributed by atoms with Crippen LogP contribution in [0.5, 0.6) is 0 Å². The van der Waals surface area contributed by atoms with Crippen LogP contribution >= 0.6 is 0 Å². The molecule has 0 aliphatic carbocycles. The molecule has 0 aromatic carbocycles. The van der Waals surface area contributed by atoms with Crippen molar-refractivity contribution < 1.29 is 14.3 Å². The first kappa shape index (κ1) is 13.8. The quantitative estimate of drug-likeness (QED) is 0.786. The van der Waals surface area contributed by atoms with Gasteiger partial charge in [-0.2, -0.15) is 0 Å². The van der Waals surface area contributed by atoms with Crippen molar-refractivity contribution in [3.05, 3.63) is 0 Å². The van der Waals surface area contributed by atoms with Crippen LogP contribution < -0.4 is 5.32 Å². The van der Waals surface area contributed by atoms with Gasteiger partial charge in [0.15, 0.2) is 0 Å². The summed E-state index contributed by atoms with van der Waals surface area (Å²) in [6, 6.07) is 0. The highest BCUT2D eigenvalue weighted by molar-refractivity contribution is 5.83. The fraction of sp³-hybridized carbons (Fsp3) is 0.923. The van der Waals surface area contributed by atoms with Crippen LogP contribution in [0.4, 0.5) is 0 Å². The van der Waals surface area contributed by atoms with Crippen LogP contribution in [0, 0.1) is 5.41 Å². The lowest BCUT2D eigenvalue weighted by molar-refractivity contribution is -0.158. The lowest BCUT2D eigenvalue weighted by Crippen LogP contribution is -2.56. The van der Waals surface area contributed by atoms with Gasteiger partial charge in [0.1, 0.15) is 0 Å². The Kier molecular flexibility index (Phi) is 3.94. The first-order chi connectivity index (χ1) is 8.49. The van der Waals surface area contributed by atoms with Crippen LogP contribution in [0.15, 0.2) is 0 Å². The number of amides is 1. The minimum Gasteiger partial charge on any atom is -0.384 e. The molecular weight excluding hydrogens is 232 g/mol. The number of morpholine rings is 1. The first-order valence-electron chi connectivity index (χ1n) is 6.62. The van der Waals surface area contributed by atoms with Gasteiger partial charge in [-0.25, -0.2) is 0 Å². The van der Waals surface area contributed by atoms with Gasteiger partial charge in [-0.15, -0.1) is 0 Å². The van der Waals surface area contributed by atoms with Crippen molar-refractivity contribution in [1.29, 1.82) is 0 Å². The Morgan fingerprint density at radius 1 is 1.50 bits per heavy atom. The van der Waals surface area contributed by atoms with E-state index in [9.17, 15) is 4.79 Å². The molecule has 5 nitrogen and oxygen atoms in total. The predicted molar refractivity (Wildman–Crippen MR) is 68.4 cm³/mol. The Labute approximate surface area is 109 Å². The van der Waals surface area contributed by atoms with E-state index in [1.807, 2.05) is 18.7 Å². The van der Waals surface area contributed by atoms with Crippen molar-refractivity contribution in [2.75, 3.05) is 46.5 Å². The monoisotopic (exact) mass is 256 g/mol. The van der Waals surface area contributed by atoms with Gasteiger partial charge >= 0.3 is 0 Å². The van der Waals surface area contributed by atoms with E-state index in [-0.39, 0.29) is 16.9 Å². The number of methoxy groups -OCH3 is 1. The highest BCUT2D eigenvalue weighted by Gasteiger charge is 2.45. The van der Waals surface area contributed by atoms with Crippen molar-refractivity contribution in [2.24, 2.45) is 5.41 Å². The minimum absolute atomic E-state index is 0.214. The van der Waals surface area contributed by atoms with Crippen molar-refractivity contribution in [1.82, 2.24) is 10.2 Å². The average molecular weight is 256 g/mol. The summed E-state index contributed by atoms with van der Waals surface area (Å²) in [5.41, 5.74) is -0.615. The Morgan fingerprint density at radius 3 is 2.83 bits per heavy atom. The second kappa shape index (κ2) is 5.15. The molecule has 0 radical (unpaired) electrons. The minimum atomic E-state index is -0.373. The number of nitrogens with one attached hydrogen (secondary N) is 1. The number of hydrogen-bond acceptors (Lipinski definition) is 4. The zero-order valence-corrected chi connectivity index (χ0v) is 11.6. The Bertz CT molecular complexity index is 311. The maximum Gasteiger partial charge on any atom is 0.232 e. The van der Waals surface area contributed by atoms with Crippen molar-refractivity contribution in [3.63, 3.8) is 0 Å². The lowest BCUT2D eigenvalue weighted by atomic mass is 9.85. The Morgan fingerprint density at radius 2 is 2.28 bits per heavy atom. The molecule has 2 aliphatic rings. The molecule has 0 aromatic heterocycles. The van der Waals surface area contributed by atoms with E-state index in [0.29, 0.717) is 26.3 Å². The largest absolute Gasteiger partial charge is 0.384 e. The fourth-order valence-electron chi connectivity index (χ4n) is 2.91. The number of carbonyl (C=O) groups is 1.